The molecule has 4 N–H and O–H groups in total. The van der Waals surface area contributed by atoms with E-state index in [-0.39, 0.29) is 40.9 Å². The molecule has 15 heteroatoms. The molecule has 1 saturated carbocycles. The number of primary amides is 1. The Balaban J connectivity index is 1.68. The molecule has 3 heterocycles. The monoisotopic (exact) mass is 594 g/mol. The molecule has 4 rings (SSSR count). The zero-order valence-corrected chi connectivity index (χ0v) is 23.9. The number of hydrogen-bond donors (Lipinski definition) is 3. The molecule has 1 saturated heterocycles. The van der Waals surface area contributed by atoms with Crippen molar-refractivity contribution in [1.82, 2.24) is 24.9 Å². The number of likely N-dealkylation sites (tertiary alicyclic amines) is 1. The van der Waals surface area contributed by atoms with Gasteiger partial charge in [-0.05, 0) is 34.8 Å². The van der Waals surface area contributed by atoms with Crippen molar-refractivity contribution >= 4 is 29.3 Å². The molecule has 228 valence electrons. The van der Waals surface area contributed by atoms with Crippen molar-refractivity contribution in [3.05, 3.63) is 40.4 Å². The summed E-state index contributed by atoms with van der Waals surface area (Å²) in [5.41, 5.74) is 3.39. The van der Waals surface area contributed by atoms with Crippen LogP contribution in [0.4, 0.5) is 13.2 Å². The van der Waals surface area contributed by atoms with E-state index >= 15 is 0 Å². The standard InChI is InChI=1S/C27H33F3N6O6/c1-25(2,3)19(34-24(41)27(28,29)30)23(40)36-11-12-16(26(12,4)5)18(36)22(39)33-17(20(31)38)13-10-15(37)35-9-7-8-14(42-6)21(35)32-13/h7-10,12,16-19H,11H2,1-6H3,(H2,31,38)(H,33,39)(H,34,41)/t12-,16-,17?,18-,19?/m0/s1. The van der Waals surface area contributed by atoms with Crippen molar-refractivity contribution in [2.45, 2.75) is 58.9 Å². The maximum atomic E-state index is 13.8. The molecule has 2 fully saturated rings. The van der Waals surface area contributed by atoms with Crippen LogP contribution in [0.5, 0.6) is 5.75 Å². The van der Waals surface area contributed by atoms with Crippen LogP contribution in [0.25, 0.3) is 5.65 Å². The minimum atomic E-state index is -5.22. The highest BCUT2D eigenvalue weighted by Crippen LogP contribution is 2.65. The number of alkyl halides is 3. The molecular weight excluding hydrogens is 561 g/mol. The topological polar surface area (TPSA) is 165 Å². The maximum Gasteiger partial charge on any atom is 0.471 e. The van der Waals surface area contributed by atoms with Crippen molar-refractivity contribution < 1.29 is 37.1 Å². The summed E-state index contributed by atoms with van der Waals surface area (Å²) < 4.78 is 45.7. The van der Waals surface area contributed by atoms with Crippen molar-refractivity contribution in [2.24, 2.45) is 28.4 Å². The lowest BCUT2D eigenvalue weighted by atomic mass is 9.85. The zero-order chi connectivity index (χ0) is 31.5. The summed E-state index contributed by atoms with van der Waals surface area (Å²) in [6.45, 7) is 8.30. The van der Waals surface area contributed by atoms with E-state index in [0.29, 0.717) is 0 Å². The van der Waals surface area contributed by atoms with E-state index in [1.54, 1.807) is 17.4 Å². The normalized spacial score (nSPS) is 22.6. The number of piperidine rings is 1. The van der Waals surface area contributed by atoms with E-state index in [2.05, 4.69) is 10.3 Å². The number of halogens is 3. The average Bonchev–Trinajstić information content (AvgIpc) is 3.20. The Morgan fingerprint density at radius 1 is 1.17 bits per heavy atom. The van der Waals surface area contributed by atoms with Crippen LogP contribution in [0, 0.1) is 22.7 Å². The van der Waals surface area contributed by atoms with E-state index in [1.807, 2.05) is 13.8 Å². The number of ether oxygens (including phenoxy) is 1. The van der Waals surface area contributed by atoms with Crippen LogP contribution < -0.4 is 26.7 Å². The predicted octanol–water partition coefficient (Wildman–Crippen LogP) is 0.922. The second-order valence-corrected chi connectivity index (χ2v) is 12.3. The Bertz CT molecular complexity index is 1510. The molecule has 42 heavy (non-hydrogen) atoms. The predicted molar refractivity (Wildman–Crippen MR) is 142 cm³/mol. The first kappa shape index (κ1) is 30.8. The Morgan fingerprint density at radius 2 is 1.81 bits per heavy atom. The van der Waals surface area contributed by atoms with Gasteiger partial charge in [-0.1, -0.05) is 34.6 Å². The highest BCUT2D eigenvalue weighted by Gasteiger charge is 2.70. The third kappa shape index (κ3) is 5.39. The fourth-order valence-corrected chi connectivity index (χ4v) is 5.78. The van der Waals surface area contributed by atoms with Gasteiger partial charge < -0.3 is 26.0 Å². The molecule has 0 aromatic carbocycles. The van der Waals surface area contributed by atoms with E-state index < -0.39 is 58.9 Å². The summed E-state index contributed by atoms with van der Waals surface area (Å²) in [5, 5.41) is 4.28. The minimum Gasteiger partial charge on any atom is -0.493 e. The van der Waals surface area contributed by atoms with Crippen LogP contribution >= 0.6 is 0 Å². The lowest BCUT2D eigenvalue weighted by molar-refractivity contribution is -0.176. The fourth-order valence-electron chi connectivity index (χ4n) is 5.78. The number of methoxy groups -OCH3 is 1. The van der Waals surface area contributed by atoms with Gasteiger partial charge in [-0.3, -0.25) is 28.4 Å². The van der Waals surface area contributed by atoms with Crippen LogP contribution in [0.2, 0.25) is 0 Å². The molecule has 1 aliphatic heterocycles. The third-order valence-corrected chi connectivity index (χ3v) is 8.17. The van der Waals surface area contributed by atoms with Crippen molar-refractivity contribution in [2.75, 3.05) is 13.7 Å². The van der Waals surface area contributed by atoms with Gasteiger partial charge in [0.15, 0.2) is 17.4 Å². The van der Waals surface area contributed by atoms with Crippen LogP contribution in [-0.4, -0.2) is 69.8 Å². The van der Waals surface area contributed by atoms with E-state index in [0.717, 1.165) is 11.0 Å². The van der Waals surface area contributed by atoms with Crippen LogP contribution in [0.15, 0.2) is 29.2 Å². The first-order chi connectivity index (χ1) is 19.3. The number of carbonyl (C=O) groups is 4. The quantitative estimate of drug-likeness (QED) is 0.429. The molecule has 2 aromatic heterocycles. The van der Waals surface area contributed by atoms with Gasteiger partial charge in [0.2, 0.25) is 17.7 Å². The molecule has 2 aliphatic rings. The molecule has 0 radical (unpaired) electrons. The van der Waals surface area contributed by atoms with Crippen LogP contribution in [0.1, 0.15) is 46.4 Å². The van der Waals surface area contributed by atoms with Gasteiger partial charge >= 0.3 is 12.1 Å². The third-order valence-electron chi connectivity index (χ3n) is 8.17. The van der Waals surface area contributed by atoms with E-state index in [1.165, 1.54) is 38.5 Å². The number of carbonyl (C=O) groups excluding carboxylic acids is 4. The SMILES string of the molecule is COc1cccn2c(=O)cc(C(NC(=O)[C@@H]3[C@@H]4[C@H](CN3C(=O)C(NC(=O)C(F)(F)F)C(C)(C)C)C4(C)C)C(N)=O)nc12. The van der Waals surface area contributed by atoms with Gasteiger partial charge in [0.25, 0.3) is 5.56 Å². The largest absolute Gasteiger partial charge is 0.493 e. The molecule has 0 spiro atoms. The van der Waals surface area contributed by atoms with E-state index in [9.17, 15) is 37.1 Å². The van der Waals surface area contributed by atoms with Crippen LogP contribution in [0.3, 0.4) is 0 Å². The summed E-state index contributed by atoms with van der Waals surface area (Å²) >= 11 is 0. The number of hydrogen-bond acceptors (Lipinski definition) is 7. The number of aromatic nitrogens is 2. The molecule has 5 atom stereocenters. The number of nitrogens with zero attached hydrogens (tertiary/aromatic N) is 3. The summed E-state index contributed by atoms with van der Waals surface area (Å²) in [7, 11) is 1.36. The summed E-state index contributed by atoms with van der Waals surface area (Å²) in [4.78, 5) is 70.1. The maximum absolute atomic E-state index is 13.8. The summed E-state index contributed by atoms with van der Waals surface area (Å²) in [6, 6.07) is -0.243. The Kier molecular flexibility index (Phi) is 7.53. The van der Waals surface area contributed by atoms with Crippen molar-refractivity contribution in [3.63, 3.8) is 0 Å². The lowest BCUT2D eigenvalue weighted by Crippen LogP contribution is -2.61. The molecule has 0 bridgehead atoms. The number of amides is 4. The highest BCUT2D eigenvalue weighted by molar-refractivity contribution is 5.96. The van der Waals surface area contributed by atoms with Gasteiger partial charge in [-0.15, -0.1) is 0 Å². The first-order valence-electron chi connectivity index (χ1n) is 13.1. The smallest absolute Gasteiger partial charge is 0.471 e. The highest BCUT2D eigenvalue weighted by atomic mass is 19.4. The zero-order valence-electron chi connectivity index (χ0n) is 23.9. The lowest BCUT2D eigenvalue weighted by Gasteiger charge is -2.38. The van der Waals surface area contributed by atoms with E-state index in [4.69, 9.17) is 10.5 Å². The van der Waals surface area contributed by atoms with Gasteiger partial charge in [0.1, 0.15) is 12.1 Å². The second kappa shape index (κ2) is 10.3. The fraction of sp³-hybridized carbons (Fsp3) is 0.556. The molecule has 12 nitrogen and oxygen atoms in total. The number of rotatable bonds is 7. The Labute approximate surface area is 238 Å². The first-order valence-corrected chi connectivity index (χ1v) is 13.1. The molecule has 1 aliphatic carbocycles. The second-order valence-electron chi connectivity index (χ2n) is 12.3. The molecule has 4 amide bonds. The number of nitrogens with two attached hydrogens (primary N) is 1. The Morgan fingerprint density at radius 3 is 2.36 bits per heavy atom. The number of pyridine rings is 1. The number of fused-ring (bicyclic) bond motifs is 2. The van der Waals surface area contributed by atoms with Crippen LogP contribution in [-0.2, 0) is 19.2 Å². The summed E-state index contributed by atoms with van der Waals surface area (Å²) in [6.07, 6.45) is -3.78. The van der Waals surface area contributed by atoms with Crippen molar-refractivity contribution in [3.8, 4) is 5.75 Å². The molecular formula is C27H33F3N6O6. The molecule has 2 unspecified atom stereocenters. The minimum absolute atomic E-state index is 0.0526. The summed E-state index contributed by atoms with van der Waals surface area (Å²) in [5.74, 6) is -5.32. The Hall–Kier alpha value is -4.17. The average molecular weight is 595 g/mol. The van der Waals surface area contributed by atoms with Crippen molar-refractivity contribution in [1.29, 1.82) is 0 Å². The van der Waals surface area contributed by atoms with Gasteiger partial charge in [-0.25, -0.2) is 4.98 Å². The molecule has 2 aromatic rings. The number of nitrogens with one attached hydrogen (secondary N) is 2. The van der Waals surface area contributed by atoms with Gasteiger partial charge in [0.05, 0.1) is 12.8 Å². The van der Waals surface area contributed by atoms with Gasteiger partial charge in [0, 0.05) is 18.8 Å². The van der Waals surface area contributed by atoms with Gasteiger partial charge in [-0.2, -0.15) is 13.2 Å².